The number of carbonyl (C=O) groups is 1. The fourth-order valence-corrected chi connectivity index (χ4v) is 2.01. The van der Waals surface area contributed by atoms with E-state index in [0.29, 0.717) is 19.5 Å². The maximum atomic E-state index is 13.2. The SMILES string of the molecule is CC.COC.O=CCc1ccc(N2CC(F)(P)C2)nc1. The van der Waals surface area contributed by atoms with Gasteiger partial charge in [-0.05, 0) is 11.6 Å². The van der Waals surface area contributed by atoms with E-state index in [-0.39, 0.29) is 0 Å². The number of aromatic nitrogens is 1. The highest BCUT2D eigenvalue weighted by Gasteiger charge is 2.39. The number of aldehydes is 1. The van der Waals surface area contributed by atoms with Crippen LogP contribution in [0.4, 0.5) is 10.2 Å². The van der Waals surface area contributed by atoms with E-state index in [4.69, 9.17) is 0 Å². The molecule has 0 N–H and O–H groups in total. The Balaban J connectivity index is 0.000000641. The van der Waals surface area contributed by atoms with Crippen LogP contribution in [-0.4, -0.2) is 44.0 Å². The van der Waals surface area contributed by atoms with Gasteiger partial charge < -0.3 is 14.4 Å². The van der Waals surface area contributed by atoms with Gasteiger partial charge in [0.25, 0.3) is 0 Å². The molecule has 1 aromatic heterocycles. The van der Waals surface area contributed by atoms with E-state index in [2.05, 4.69) is 19.0 Å². The standard InChI is InChI=1S/C10H12FN2OP.C2H6O.C2H6/c11-10(15)6-13(7-10)9-2-1-8(3-4-14)5-12-9;1-3-2;1-2/h1-2,4-5H,3,6-7,15H2;1-2H3;1-2H3. The highest BCUT2D eigenvalue weighted by Crippen LogP contribution is 2.34. The molecule has 0 saturated carbocycles. The quantitative estimate of drug-likeness (QED) is 0.635. The van der Waals surface area contributed by atoms with Crippen LogP contribution in [0.3, 0.4) is 0 Å². The summed E-state index contributed by atoms with van der Waals surface area (Å²) in [4.78, 5) is 16.3. The normalized spacial score (nSPS) is 15.0. The number of alkyl halides is 1. The summed E-state index contributed by atoms with van der Waals surface area (Å²) in [6, 6.07) is 3.66. The van der Waals surface area contributed by atoms with Gasteiger partial charge in [-0.15, -0.1) is 0 Å². The molecular weight excluding hydrogens is 278 g/mol. The third-order valence-electron chi connectivity index (χ3n) is 2.36. The number of hydrogen-bond acceptors (Lipinski definition) is 4. The highest BCUT2D eigenvalue weighted by atomic mass is 31.0. The number of methoxy groups -OCH3 is 1. The lowest BCUT2D eigenvalue weighted by atomic mass is 10.1. The second-order valence-corrected chi connectivity index (χ2v) is 5.23. The number of pyridine rings is 1. The smallest absolute Gasteiger partial charge is 0.158 e. The average Bonchev–Trinajstić information content (AvgIpc) is 2.40. The van der Waals surface area contributed by atoms with E-state index in [9.17, 15) is 9.18 Å². The summed E-state index contributed by atoms with van der Waals surface area (Å²) in [5.41, 5.74) is 0.881. The Morgan fingerprint density at radius 3 is 2.35 bits per heavy atom. The van der Waals surface area contributed by atoms with Crippen LogP contribution in [0.1, 0.15) is 19.4 Å². The molecule has 1 saturated heterocycles. The minimum absolute atomic E-state index is 0.359. The van der Waals surface area contributed by atoms with Gasteiger partial charge in [-0.3, -0.25) is 0 Å². The van der Waals surface area contributed by atoms with Crippen molar-refractivity contribution in [2.45, 2.75) is 25.7 Å². The van der Waals surface area contributed by atoms with Crippen molar-refractivity contribution in [1.82, 2.24) is 4.98 Å². The van der Waals surface area contributed by atoms with Gasteiger partial charge in [0.2, 0.25) is 0 Å². The maximum absolute atomic E-state index is 13.2. The molecule has 114 valence electrons. The summed E-state index contributed by atoms with van der Waals surface area (Å²) >= 11 is 0. The number of carbonyl (C=O) groups excluding carboxylic acids is 1. The van der Waals surface area contributed by atoms with Gasteiger partial charge in [0, 0.05) is 26.8 Å². The molecule has 2 heterocycles. The number of ether oxygens (including phenoxy) is 1. The van der Waals surface area contributed by atoms with Crippen molar-refractivity contribution in [3.05, 3.63) is 23.9 Å². The van der Waals surface area contributed by atoms with Crippen molar-refractivity contribution in [1.29, 1.82) is 0 Å². The lowest BCUT2D eigenvalue weighted by Crippen LogP contribution is -2.55. The Labute approximate surface area is 122 Å². The molecule has 0 radical (unpaired) electrons. The molecule has 0 aliphatic carbocycles. The van der Waals surface area contributed by atoms with Gasteiger partial charge in [-0.2, -0.15) is 0 Å². The van der Waals surface area contributed by atoms with E-state index in [1.54, 1.807) is 20.4 Å². The number of halogens is 1. The third kappa shape index (κ3) is 6.40. The van der Waals surface area contributed by atoms with Gasteiger partial charge >= 0.3 is 0 Å². The number of hydrogen-bond donors (Lipinski definition) is 0. The fraction of sp³-hybridized carbons (Fsp3) is 0.571. The van der Waals surface area contributed by atoms with E-state index in [1.807, 2.05) is 30.9 Å². The molecule has 1 unspecified atom stereocenters. The van der Waals surface area contributed by atoms with Crippen LogP contribution < -0.4 is 4.90 Å². The molecule has 1 aliphatic heterocycles. The van der Waals surface area contributed by atoms with Crippen LogP contribution in [0, 0.1) is 0 Å². The molecule has 6 heteroatoms. The highest BCUT2D eigenvalue weighted by molar-refractivity contribution is 7.19. The first-order valence-corrected chi connectivity index (χ1v) is 7.11. The molecule has 1 fully saturated rings. The zero-order valence-corrected chi connectivity index (χ0v) is 13.8. The molecule has 1 aromatic rings. The summed E-state index contributed by atoms with van der Waals surface area (Å²) in [7, 11) is 5.45. The minimum atomic E-state index is -1.16. The molecule has 0 spiro atoms. The van der Waals surface area contributed by atoms with E-state index < -0.39 is 5.41 Å². The van der Waals surface area contributed by atoms with Gasteiger partial charge in [0.05, 0.1) is 13.1 Å². The summed E-state index contributed by atoms with van der Waals surface area (Å²) < 4.78 is 17.4. The fourth-order valence-electron chi connectivity index (χ4n) is 1.57. The maximum Gasteiger partial charge on any atom is 0.158 e. The minimum Gasteiger partial charge on any atom is -0.388 e. The van der Waals surface area contributed by atoms with Crippen LogP contribution in [0.2, 0.25) is 0 Å². The first-order chi connectivity index (χ1) is 9.52. The van der Waals surface area contributed by atoms with E-state index in [1.165, 1.54) is 0 Å². The zero-order chi connectivity index (χ0) is 15.6. The van der Waals surface area contributed by atoms with Gasteiger partial charge in [-0.25, -0.2) is 9.37 Å². The van der Waals surface area contributed by atoms with Crippen molar-refractivity contribution in [3.8, 4) is 0 Å². The summed E-state index contributed by atoms with van der Waals surface area (Å²) in [6.45, 7) is 4.72. The second-order valence-electron chi connectivity index (χ2n) is 4.19. The predicted octanol–water partition coefficient (Wildman–Crippen LogP) is 2.47. The zero-order valence-electron chi connectivity index (χ0n) is 12.6. The van der Waals surface area contributed by atoms with Gasteiger partial charge in [0.15, 0.2) is 5.41 Å². The first kappa shape index (κ1) is 18.9. The van der Waals surface area contributed by atoms with Crippen molar-refractivity contribution in [3.63, 3.8) is 0 Å². The summed E-state index contributed by atoms with van der Waals surface area (Å²) in [5, 5.41) is -1.16. The number of anilines is 1. The Bertz CT molecular complexity index is 377. The van der Waals surface area contributed by atoms with Crippen molar-refractivity contribution in [2.24, 2.45) is 0 Å². The van der Waals surface area contributed by atoms with Crippen LogP contribution in [0.15, 0.2) is 18.3 Å². The average molecular weight is 302 g/mol. The van der Waals surface area contributed by atoms with Crippen molar-refractivity contribution in [2.75, 3.05) is 32.2 Å². The molecule has 4 nitrogen and oxygen atoms in total. The summed E-state index contributed by atoms with van der Waals surface area (Å²) in [6.07, 6.45) is 2.88. The Kier molecular flexibility index (Phi) is 9.26. The molecule has 20 heavy (non-hydrogen) atoms. The monoisotopic (exact) mass is 302 g/mol. The first-order valence-electron chi connectivity index (χ1n) is 6.54. The molecule has 0 aromatic carbocycles. The molecule has 1 atom stereocenters. The van der Waals surface area contributed by atoms with Crippen molar-refractivity contribution < 1.29 is 13.9 Å². The Morgan fingerprint density at radius 2 is 2.00 bits per heavy atom. The third-order valence-corrected chi connectivity index (χ3v) is 2.72. The molecule has 0 amide bonds. The molecule has 2 rings (SSSR count). The topological polar surface area (TPSA) is 42.4 Å². The van der Waals surface area contributed by atoms with Crippen LogP contribution >= 0.6 is 9.24 Å². The predicted molar refractivity (Wildman–Crippen MR) is 84.0 cm³/mol. The van der Waals surface area contributed by atoms with Crippen LogP contribution in [0.25, 0.3) is 0 Å². The molecular formula is C14H24FN2O2P. The Morgan fingerprint density at radius 1 is 1.45 bits per heavy atom. The van der Waals surface area contributed by atoms with Crippen LogP contribution in [-0.2, 0) is 16.0 Å². The largest absolute Gasteiger partial charge is 0.388 e. The summed E-state index contributed by atoms with van der Waals surface area (Å²) in [5.74, 6) is 0.764. The van der Waals surface area contributed by atoms with Gasteiger partial charge in [0.1, 0.15) is 12.1 Å². The van der Waals surface area contributed by atoms with E-state index >= 15 is 0 Å². The Hall–Kier alpha value is -1.06. The van der Waals surface area contributed by atoms with E-state index in [0.717, 1.165) is 17.7 Å². The van der Waals surface area contributed by atoms with Crippen LogP contribution in [0.5, 0.6) is 0 Å². The van der Waals surface area contributed by atoms with Crippen molar-refractivity contribution >= 4 is 21.3 Å². The second kappa shape index (κ2) is 9.78. The molecule has 0 bridgehead atoms. The number of nitrogens with zero attached hydrogens (tertiary/aromatic N) is 2. The molecule has 1 aliphatic rings. The van der Waals surface area contributed by atoms with Gasteiger partial charge in [-0.1, -0.05) is 29.2 Å². The lowest BCUT2D eigenvalue weighted by Gasteiger charge is -2.42. The lowest BCUT2D eigenvalue weighted by molar-refractivity contribution is -0.107. The number of rotatable bonds is 3.